The predicted octanol–water partition coefficient (Wildman–Crippen LogP) is 4.22. The highest BCUT2D eigenvalue weighted by Gasteiger charge is 2.18. The van der Waals surface area contributed by atoms with Crippen LogP contribution >= 0.6 is 11.6 Å². The highest BCUT2D eigenvalue weighted by atomic mass is 35.5. The number of fused-ring (bicyclic) bond motifs is 1. The van der Waals surface area contributed by atoms with Crippen molar-refractivity contribution in [2.45, 2.75) is 6.92 Å². The van der Waals surface area contributed by atoms with Crippen molar-refractivity contribution in [3.63, 3.8) is 0 Å². The van der Waals surface area contributed by atoms with E-state index >= 15 is 0 Å². The zero-order valence-corrected chi connectivity index (χ0v) is 10.3. The SMILES string of the molecule is Cc1occc1C(=O)c1cc2cccc(Cl)c2o1. The zero-order chi connectivity index (χ0) is 12.7. The van der Waals surface area contributed by atoms with E-state index < -0.39 is 0 Å². The van der Waals surface area contributed by atoms with Crippen molar-refractivity contribution < 1.29 is 13.6 Å². The molecule has 1 aromatic carbocycles. The topological polar surface area (TPSA) is 43.4 Å². The van der Waals surface area contributed by atoms with Gasteiger partial charge in [-0.1, -0.05) is 23.7 Å². The second kappa shape index (κ2) is 4.03. The summed E-state index contributed by atoms with van der Waals surface area (Å²) in [6.45, 7) is 1.74. The van der Waals surface area contributed by atoms with Crippen LogP contribution in [0.5, 0.6) is 0 Å². The van der Waals surface area contributed by atoms with Crippen LogP contribution in [0.3, 0.4) is 0 Å². The van der Waals surface area contributed by atoms with Crippen molar-refractivity contribution in [2.75, 3.05) is 0 Å². The molecule has 0 aliphatic carbocycles. The van der Waals surface area contributed by atoms with E-state index in [2.05, 4.69) is 0 Å². The smallest absolute Gasteiger partial charge is 0.231 e. The summed E-state index contributed by atoms with van der Waals surface area (Å²) < 4.78 is 10.6. The lowest BCUT2D eigenvalue weighted by atomic mass is 10.1. The van der Waals surface area contributed by atoms with E-state index in [1.54, 1.807) is 25.1 Å². The van der Waals surface area contributed by atoms with E-state index in [-0.39, 0.29) is 11.5 Å². The number of benzene rings is 1. The van der Waals surface area contributed by atoms with Crippen LogP contribution in [0, 0.1) is 6.92 Å². The van der Waals surface area contributed by atoms with E-state index in [9.17, 15) is 4.79 Å². The molecule has 3 nitrogen and oxygen atoms in total. The van der Waals surface area contributed by atoms with Gasteiger partial charge in [-0.05, 0) is 25.1 Å². The van der Waals surface area contributed by atoms with Crippen LogP contribution in [0.25, 0.3) is 11.0 Å². The van der Waals surface area contributed by atoms with Gasteiger partial charge in [0.05, 0.1) is 16.8 Å². The van der Waals surface area contributed by atoms with Gasteiger partial charge in [0, 0.05) is 5.39 Å². The third kappa shape index (κ3) is 1.64. The molecule has 0 N–H and O–H groups in total. The van der Waals surface area contributed by atoms with Crippen molar-refractivity contribution in [3.05, 3.63) is 58.7 Å². The zero-order valence-electron chi connectivity index (χ0n) is 9.57. The van der Waals surface area contributed by atoms with Gasteiger partial charge in [-0.3, -0.25) is 4.79 Å². The number of hydrogen-bond donors (Lipinski definition) is 0. The number of halogens is 1. The second-order valence-corrected chi connectivity index (χ2v) is 4.40. The van der Waals surface area contributed by atoms with Crippen LogP contribution in [0.4, 0.5) is 0 Å². The Morgan fingerprint density at radius 3 is 2.78 bits per heavy atom. The molecule has 0 fully saturated rings. The monoisotopic (exact) mass is 260 g/mol. The van der Waals surface area contributed by atoms with E-state index in [4.69, 9.17) is 20.4 Å². The Labute approximate surface area is 108 Å². The quantitative estimate of drug-likeness (QED) is 0.648. The van der Waals surface area contributed by atoms with Crippen LogP contribution < -0.4 is 0 Å². The molecule has 0 spiro atoms. The Kier molecular flexibility index (Phi) is 2.49. The number of aryl methyl sites for hydroxylation is 1. The van der Waals surface area contributed by atoms with E-state index in [0.29, 0.717) is 21.9 Å². The lowest BCUT2D eigenvalue weighted by molar-refractivity contribution is 0.101. The summed E-state index contributed by atoms with van der Waals surface area (Å²) in [7, 11) is 0. The van der Waals surface area contributed by atoms with E-state index in [0.717, 1.165) is 5.39 Å². The molecule has 90 valence electrons. The van der Waals surface area contributed by atoms with Gasteiger partial charge in [0.2, 0.25) is 5.78 Å². The summed E-state index contributed by atoms with van der Waals surface area (Å²) in [6, 6.07) is 8.72. The minimum atomic E-state index is -0.200. The number of hydrogen-bond acceptors (Lipinski definition) is 3. The van der Waals surface area contributed by atoms with Gasteiger partial charge in [-0.15, -0.1) is 0 Å². The first-order valence-corrected chi connectivity index (χ1v) is 5.81. The molecule has 4 heteroatoms. The van der Waals surface area contributed by atoms with E-state index in [1.807, 2.05) is 12.1 Å². The number of carbonyl (C=O) groups excluding carboxylic acids is 1. The molecule has 3 rings (SSSR count). The van der Waals surface area contributed by atoms with Crippen molar-refractivity contribution in [2.24, 2.45) is 0 Å². The largest absolute Gasteiger partial charge is 0.469 e. The van der Waals surface area contributed by atoms with Crippen LogP contribution in [0.15, 0.2) is 45.4 Å². The first-order chi connectivity index (χ1) is 8.66. The molecular formula is C14H9ClO3. The first-order valence-electron chi connectivity index (χ1n) is 5.43. The molecule has 0 bridgehead atoms. The first kappa shape index (κ1) is 11.1. The summed E-state index contributed by atoms with van der Waals surface area (Å²) in [5.41, 5.74) is 1.04. The molecule has 0 unspecified atom stereocenters. The summed E-state index contributed by atoms with van der Waals surface area (Å²) >= 11 is 6.01. The maximum Gasteiger partial charge on any atom is 0.231 e. The molecule has 0 atom stereocenters. The summed E-state index contributed by atoms with van der Waals surface area (Å²) in [5.74, 6) is 0.641. The van der Waals surface area contributed by atoms with Gasteiger partial charge in [-0.2, -0.15) is 0 Å². The van der Waals surface area contributed by atoms with Gasteiger partial charge >= 0.3 is 0 Å². The number of carbonyl (C=O) groups is 1. The summed E-state index contributed by atoms with van der Waals surface area (Å²) in [5, 5.41) is 1.31. The Hall–Kier alpha value is -2.00. The van der Waals surface area contributed by atoms with Gasteiger partial charge in [0.25, 0.3) is 0 Å². The average molecular weight is 261 g/mol. The molecule has 2 aromatic heterocycles. The summed E-state index contributed by atoms with van der Waals surface area (Å²) in [4.78, 5) is 12.2. The number of ketones is 1. The fourth-order valence-electron chi connectivity index (χ4n) is 1.89. The van der Waals surface area contributed by atoms with Crippen molar-refractivity contribution >= 4 is 28.4 Å². The Morgan fingerprint density at radius 2 is 2.11 bits per heavy atom. The Morgan fingerprint density at radius 1 is 1.28 bits per heavy atom. The molecule has 2 heterocycles. The molecule has 18 heavy (non-hydrogen) atoms. The third-order valence-electron chi connectivity index (χ3n) is 2.82. The number of para-hydroxylation sites is 1. The van der Waals surface area contributed by atoms with Gasteiger partial charge in [0.1, 0.15) is 5.76 Å². The molecule has 3 aromatic rings. The van der Waals surface area contributed by atoms with Crippen molar-refractivity contribution in [1.29, 1.82) is 0 Å². The number of furan rings is 2. The molecule has 0 radical (unpaired) electrons. The minimum Gasteiger partial charge on any atom is -0.469 e. The van der Waals surface area contributed by atoms with Crippen LogP contribution in [-0.4, -0.2) is 5.78 Å². The van der Waals surface area contributed by atoms with Crippen LogP contribution in [-0.2, 0) is 0 Å². The molecule has 0 aliphatic rings. The fraction of sp³-hybridized carbons (Fsp3) is 0.0714. The summed E-state index contributed by atoms with van der Waals surface area (Å²) in [6.07, 6.45) is 1.48. The molecule has 0 aliphatic heterocycles. The predicted molar refractivity (Wildman–Crippen MR) is 68.1 cm³/mol. The third-order valence-corrected chi connectivity index (χ3v) is 3.12. The average Bonchev–Trinajstić information content (AvgIpc) is 2.95. The standard InChI is InChI=1S/C14H9ClO3/c1-8-10(5-6-17-8)13(16)12-7-9-3-2-4-11(15)14(9)18-12/h2-7H,1H3. The van der Waals surface area contributed by atoms with Crippen LogP contribution in [0.1, 0.15) is 21.9 Å². The Balaban J connectivity index is 2.13. The van der Waals surface area contributed by atoms with Crippen LogP contribution in [0.2, 0.25) is 5.02 Å². The highest BCUT2D eigenvalue weighted by molar-refractivity contribution is 6.35. The highest BCUT2D eigenvalue weighted by Crippen LogP contribution is 2.28. The fourth-order valence-corrected chi connectivity index (χ4v) is 2.11. The number of rotatable bonds is 2. The normalized spacial score (nSPS) is 11.0. The molecule has 0 amide bonds. The molecule has 0 saturated heterocycles. The van der Waals surface area contributed by atoms with Crippen molar-refractivity contribution in [1.82, 2.24) is 0 Å². The van der Waals surface area contributed by atoms with Gasteiger partial charge < -0.3 is 8.83 Å². The molecular weight excluding hydrogens is 252 g/mol. The second-order valence-electron chi connectivity index (χ2n) is 3.99. The molecule has 0 saturated carbocycles. The van der Waals surface area contributed by atoms with Gasteiger partial charge in [-0.25, -0.2) is 0 Å². The van der Waals surface area contributed by atoms with Crippen molar-refractivity contribution in [3.8, 4) is 0 Å². The maximum atomic E-state index is 12.2. The lowest BCUT2D eigenvalue weighted by Gasteiger charge is -1.94. The minimum absolute atomic E-state index is 0.200. The lowest BCUT2D eigenvalue weighted by Crippen LogP contribution is -1.99. The maximum absolute atomic E-state index is 12.2. The van der Waals surface area contributed by atoms with Gasteiger partial charge in [0.15, 0.2) is 11.3 Å². The van der Waals surface area contributed by atoms with E-state index in [1.165, 1.54) is 6.26 Å². The Bertz CT molecular complexity index is 736.